The fourth-order valence-corrected chi connectivity index (χ4v) is 4.90. The predicted octanol–water partition coefficient (Wildman–Crippen LogP) is 5.17. The standard InChI is InChI=1S/C22H24F3N5O2S2/c1-11-17(34-12(2)26-11)15-10-33-20(28-15)29-16(31)9-13-7-6-8-14(27-13)18(32)30-19(21(3,4)5)22(23,24)25/h6-8,10,19H,9H2,1-5H3,(H,30,32)(H,28,29,31)/t19-/m0/s1. The highest BCUT2D eigenvalue weighted by Gasteiger charge is 2.47. The van der Waals surface area contributed by atoms with Gasteiger partial charge in [-0.25, -0.2) is 15.0 Å². The van der Waals surface area contributed by atoms with Crippen LogP contribution < -0.4 is 10.6 Å². The third-order valence-corrected chi connectivity index (χ3v) is 6.59. The van der Waals surface area contributed by atoms with Crippen LogP contribution in [0.1, 0.15) is 47.7 Å². The minimum Gasteiger partial charge on any atom is -0.339 e. The molecular weight excluding hydrogens is 487 g/mol. The summed E-state index contributed by atoms with van der Waals surface area (Å²) in [5, 5.41) is 7.86. The maximum absolute atomic E-state index is 13.4. The number of rotatable bonds is 6. The van der Waals surface area contributed by atoms with Crippen LogP contribution in [0.4, 0.5) is 18.3 Å². The number of thiazole rings is 2. The summed E-state index contributed by atoms with van der Waals surface area (Å²) in [5.41, 5.74) is 0.392. The number of nitrogens with one attached hydrogen (secondary N) is 2. The Kier molecular flexibility index (Phi) is 7.41. The Morgan fingerprint density at radius 1 is 1.09 bits per heavy atom. The lowest BCUT2D eigenvalue weighted by Crippen LogP contribution is -2.53. The molecule has 0 bridgehead atoms. The number of nitrogens with zero attached hydrogens (tertiary/aromatic N) is 3. The lowest BCUT2D eigenvalue weighted by Gasteiger charge is -2.32. The molecule has 1 atom stereocenters. The number of anilines is 1. The van der Waals surface area contributed by atoms with Gasteiger partial charge < -0.3 is 10.6 Å². The lowest BCUT2D eigenvalue weighted by atomic mass is 9.86. The normalized spacial score (nSPS) is 12.9. The molecular formula is C22H24F3N5O2S2. The Morgan fingerprint density at radius 2 is 1.79 bits per heavy atom. The molecule has 0 spiro atoms. The Morgan fingerprint density at radius 3 is 2.38 bits per heavy atom. The van der Waals surface area contributed by atoms with Gasteiger partial charge in [-0.2, -0.15) is 13.2 Å². The van der Waals surface area contributed by atoms with Crippen molar-refractivity contribution in [3.05, 3.63) is 45.7 Å². The van der Waals surface area contributed by atoms with E-state index in [-0.39, 0.29) is 17.8 Å². The molecule has 7 nitrogen and oxygen atoms in total. The van der Waals surface area contributed by atoms with E-state index in [1.165, 1.54) is 61.6 Å². The summed E-state index contributed by atoms with van der Waals surface area (Å²) < 4.78 is 40.2. The number of halogens is 3. The Bertz CT molecular complexity index is 1180. The molecule has 3 rings (SSSR count). The van der Waals surface area contributed by atoms with Crippen LogP contribution in [0.3, 0.4) is 0 Å². The van der Waals surface area contributed by atoms with Crippen molar-refractivity contribution in [2.45, 2.75) is 53.3 Å². The number of hydrogen-bond donors (Lipinski definition) is 2. The van der Waals surface area contributed by atoms with Crippen LogP contribution in [-0.2, 0) is 11.2 Å². The zero-order valence-corrected chi connectivity index (χ0v) is 20.8. The van der Waals surface area contributed by atoms with Crippen LogP contribution in [-0.4, -0.2) is 39.0 Å². The van der Waals surface area contributed by atoms with Crippen molar-refractivity contribution in [2.75, 3.05) is 5.32 Å². The third-order valence-electron chi connectivity index (χ3n) is 4.74. The van der Waals surface area contributed by atoms with Crippen molar-refractivity contribution in [1.29, 1.82) is 0 Å². The first-order valence-electron chi connectivity index (χ1n) is 10.3. The summed E-state index contributed by atoms with van der Waals surface area (Å²) in [7, 11) is 0. The number of hydrogen-bond acceptors (Lipinski definition) is 7. The number of carbonyl (C=O) groups is 2. The highest BCUT2D eigenvalue weighted by molar-refractivity contribution is 7.16. The monoisotopic (exact) mass is 511 g/mol. The van der Waals surface area contributed by atoms with Gasteiger partial charge in [0.25, 0.3) is 5.91 Å². The summed E-state index contributed by atoms with van der Waals surface area (Å²) >= 11 is 2.78. The van der Waals surface area contributed by atoms with Crippen LogP contribution in [0, 0.1) is 19.3 Å². The second kappa shape index (κ2) is 9.79. The van der Waals surface area contributed by atoms with Crippen molar-refractivity contribution < 1.29 is 22.8 Å². The molecule has 3 aromatic rings. The molecule has 0 radical (unpaired) electrons. The average Bonchev–Trinajstić information content (AvgIpc) is 3.29. The van der Waals surface area contributed by atoms with Crippen LogP contribution in [0.5, 0.6) is 0 Å². The van der Waals surface area contributed by atoms with E-state index in [1.807, 2.05) is 24.5 Å². The van der Waals surface area contributed by atoms with Crippen molar-refractivity contribution in [3.8, 4) is 10.6 Å². The minimum atomic E-state index is -4.62. The predicted molar refractivity (Wildman–Crippen MR) is 126 cm³/mol. The number of aryl methyl sites for hydroxylation is 2. The molecule has 0 aliphatic rings. The van der Waals surface area contributed by atoms with Gasteiger partial charge in [0.2, 0.25) is 5.91 Å². The van der Waals surface area contributed by atoms with Gasteiger partial charge >= 0.3 is 6.18 Å². The first-order valence-corrected chi connectivity index (χ1v) is 12.0. The third kappa shape index (κ3) is 6.38. The average molecular weight is 512 g/mol. The van der Waals surface area contributed by atoms with Crippen molar-refractivity contribution in [3.63, 3.8) is 0 Å². The molecule has 0 saturated heterocycles. The molecule has 0 unspecified atom stereocenters. The molecule has 0 aliphatic heterocycles. The van der Waals surface area contributed by atoms with Crippen LogP contribution in [0.15, 0.2) is 23.6 Å². The molecule has 2 amide bonds. The maximum atomic E-state index is 13.4. The van der Waals surface area contributed by atoms with E-state index in [0.717, 1.165) is 21.3 Å². The van der Waals surface area contributed by atoms with E-state index in [1.54, 1.807) is 0 Å². The van der Waals surface area contributed by atoms with Gasteiger partial charge in [0.1, 0.15) is 11.7 Å². The molecule has 0 aromatic carbocycles. The summed E-state index contributed by atoms with van der Waals surface area (Å²) in [6.07, 6.45) is -4.79. The summed E-state index contributed by atoms with van der Waals surface area (Å²) in [4.78, 5) is 38.7. The molecule has 0 fully saturated rings. The molecule has 0 saturated carbocycles. The second-order valence-electron chi connectivity index (χ2n) is 8.74. The van der Waals surface area contributed by atoms with Crippen molar-refractivity contribution in [1.82, 2.24) is 20.3 Å². The van der Waals surface area contributed by atoms with Gasteiger partial charge in [0.05, 0.1) is 33.4 Å². The number of amides is 2. The SMILES string of the molecule is Cc1nc(C)c(-c2csc(NC(=O)Cc3cccc(C(=O)N[C@@H](C(C)(C)C)C(F)(F)F)n3)n2)s1. The Labute approximate surface area is 202 Å². The van der Waals surface area contributed by atoms with E-state index in [2.05, 4.69) is 20.3 Å². The van der Waals surface area contributed by atoms with Gasteiger partial charge in [-0.15, -0.1) is 22.7 Å². The van der Waals surface area contributed by atoms with E-state index in [4.69, 9.17) is 0 Å². The number of carbonyl (C=O) groups excluding carboxylic acids is 2. The van der Waals surface area contributed by atoms with Crippen LogP contribution in [0.25, 0.3) is 10.6 Å². The van der Waals surface area contributed by atoms with Gasteiger partial charge in [0, 0.05) is 5.38 Å². The van der Waals surface area contributed by atoms with Crippen molar-refractivity contribution in [2.24, 2.45) is 5.41 Å². The van der Waals surface area contributed by atoms with Crippen LogP contribution in [0.2, 0.25) is 0 Å². The van der Waals surface area contributed by atoms with Gasteiger partial charge in [-0.05, 0) is 31.4 Å². The summed E-state index contributed by atoms with van der Waals surface area (Å²) in [6.45, 7) is 7.97. The summed E-state index contributed by atoms with van der Waals surface area (Å²) in [5.74, 6) is -1.37. The lowest BCUT2D eigenvalue weighted by molar-refractivity contribution is -0.174. The van der Waals surface area contributed by atoms with E-state index in [0.29, 0.717) is 5.13 Å². The van der Waals surface area contributed by atoms with E-state index < -0.39 is 29.4 Å². The summed E-state index contributed by atoms with van der Waals surface area (Å²) in [6, 6.07) is 2.25. The van der Waals surface area contributed by atoms with Crippen LogP contribution >= 0.6 is 22.7 Å². The molecule has 3 heterocycles. The Balaban J connectivity index is 1.67. The number of aromatic nitrogens is 3. The number of pyridine rings is 1. The van der Waals surface area contributed by atoms with E-state index >= 15 is 0 Å². The smallest absolute Gasteiger partial charge is 0.339 e. The molecule has 182 valence electrons. The first kappa shape index (κ1) is 25.8. The van der Waals surface area contributed by atoms with Crippen molar-refractivity contribution >= 4 is 39.6 Å². The fraction of sp³-hybridized carbons (Fsp3) is 0.409. The zero-order valence-electron chi connectivity index (χ0n) is 19.2. The minimum absolute atomic E-state index is 0.170. The zero-order chi connectivity index (χ0) is 25.3. The quantitative estimate of drug-likeness (QED) is 0.476. The molecule has 0 aliphatic carbocycles. The van der Waals surface area contributed by atoms with E-state index in [9.17, 15) is 22.8 Å². The highest BCUT2D eigenvalue weighted by Crippen LogP contribution is 2.34. The maximum Gasteiger partial charge on any atom is 0.409 e. The molecule has 2 N–H and O–H groups in total. The topological polar surface area (TPSA) is 96.9 Å². The largest absolute Gasteiger partial charge is 0.409 e. The van der Waals surface area contributed by atoms with Gasteiger partial charge in [-0.3, -0.25) is 9.59 Å². The van der Waals surface area contributed by atoms with Gasteiger partial charge in [-0.1, -0.05) is 26.8 Å². The van der Waals surface area contributed by atoms with Gasteiger partial charge in [0.15, 0.2) is 5.13 Å². The fourth-order valence-electron chi connectivity index (χ4n) is 3.23. The first-order chi connectivity index (χ1) is 15.7. The number of alkyl halides is 3. The highest BCUT2D eigenvalue weighted by atomic mass is 32.1. The molecule has 3 aromatic heterocycles. The molecule has 12 heteroatoms. The molecule has 34 heavy (non-hydrogen) atoms. The second-order valence-corrected chi connectivity index (χ2v) is 10.8. The Hall–Kier alpha value is -2.86.